The molecule has 0 radical (unpaired) electrons. The van der Waals surface area contributed by atoms with E-state index in [0.717, 1.165) is 0 Å². The Hall–Kier alpha value is -0.680. The van der Waals surface area contributed by atoms with Crippen LogP contribution in [-0.2, 0) is 71.1 Å². The molecule has 0 fully saturated rings. The van der Waals surface area contributed by atoms with Crippen molar-refractivity contribution in [3.05, 3.63) is 0 Å². The molecule has 0 aromatic heterocycles. The van der Waals surface area contributed by atoms with Crippen molar-refractivity contribution >= 4 is 0 Å². The molecule has 0 aromatic rings. The van der Waals surface area contributed by atoms with Crippen LogP contribution < -0.4 is 0 Å². The smallest absolute Gasteiger partial charge is 0.177 e. The van der Waals surface area contributed by atoms with Crippen LogP contribution in [0.4, 0.5) is 0 Å². The molecule has 0 rings (SSSR count). The number of hydrogen-bond acceptors (Lipinski definition) is 17. The molecular formula is C31H64O17. The molecule has 17 heteroatoms. The molecule has 0 aliphatic heterocycles. The average Bonchev–Trinajstić information content (AvgIpc) is 3.10. The van der Waals surface area contributed by atoms with Gasteiger partial charge < -0.3 is 81.3 Å². The molecule has 1 unspecified atom stereocenters. The second-order valence-corrected chi connectivity index (χ2v) is 9.45. The summed E-state index contributed by atoms with van der Waals surface area (Å²) in [5.74, 6) is 0. The minimum Gasteiger partial charge on any atom is -0.394 e. The summed E-state index contributed by atoms with van der Waals surface area (Å²) in [6.07, 6.45) is -0.905. The zero-order valence-corrected chi connectivity index (χ0v) is 29.1. The summed E-state index contributed by atoms with van der Waals surface area (Å²) in [4.78, 5) is 0. The topological polar surface area (TPSA) is 179 Å². The van der Waals surface area contributed by atoms with Crippen molar-refractivity contribution in [2.45, 2.75) is 6.29 Å². The van der Waals surface area contributed by atoms with Crippen molar-refractivity contribution in [2.24, 2.45) is 0 Å². The summed E-state index contributed by atoms with van der Waals surface area (Å²) in [5.41, 5.74) is 0. The number of rotatable bonds is 44. The first-order valence-corrected chi connectivity index (χ1v) is 16.7. The van der Waals surface area contributed by atoms with Crippen molar-refractivity contribution in [3.63, 3.8) is 0 Å². The molecule has 2 N–H and O–H groups in total. The van der Waals surface area contributed by atoms with Gasteiger partial charge in [0.1, 0.15) is 0 Å². The van der Waals surface area contributed by atoms with Crippen LogP contribution in [0.1, 0.15) is 0 Å². The van der Waals surface area contributed by atoms with Gasteiger partial charge in [-0.2, -0.15) is 0 Å². The lowest BCUT2D eigenvalue weighted by Crippen LogP contribution is -2.19. The van der Waals surface area contributed by atoms with Gasteiger partial charge in [0.2, 0.25) is 0 Å². The van der Waals surface area contributed by atoms with E-state index in [4.69, 9.17) is 76.5 Å². The summed E-state index contributed by atoms with van der Waals surface area (Å²) < 4.78 is 80.0. The minimum atomic E-state index is -0.905. The van der Waals surface area contributed by atoms with Crippen LogP contribution in [-0.4, -0.2) is 215 Å². The lowest BCUT2D eigenvalue weighted by atomic mass is 10.6. The van der Waals surface area contributed by atoms with Crippen molar-refractivity contribution in [3.8, 4) is 0 Å². The van der Waals surface area contributed by atoms with E-state index in [0.29, 0.717) is 178 Å². The van der Waals surface area contributed by atoms with E-state index in [9.17, 15) is 0 Å². The fourth-order valence-electron chi connectivity index (χ4n) is 3.18. The summed E-state index contributed by atoms with van der Waals surface area (Å²) in [6, 6.07) is 0. The Morgan fingerprint density at radius 2 is 0.458 bits per heavy atom. The fourth-order valence-corrected chi connectivity index (χ4v) is 3.18. The molecule has 1 atom stereocenters. The van der Waals surface area contributed by atoms with Gasteiger partial charge >= 0.3 is 0 Å². The highest BCUT2D eigenvalue weighted by atomic mass is 16.6. The molecule has 0 heterocycles. The summed E-state index contributed by atoms with van der Waals surface area (Å²) in [6.45, 7) is 13.1. The van der Waals surface area contributed by atoms with Gasteiger partial charge in [0.25, 0.3) is 0 Å². The Bertz CT molecular complexity index is 567. The van der Waals surface area contributed by atoms with Crippen molar-refractivity contribution in [1.29, 1.82) is 0 Å². The highest BCUT2D eigenvalue weighted by Gasteiger charge is 2.00. The van der Waals surface area contributed by atoms with Gasteiger partial charge in [0.15, 0.2) is 6.29 Å². The van der Waals surface area contributed by atoms with Crippen LogP contribution in [0.15, 0.2) is 0 Å². The fraction of sp³-hybridized carbons (Fsp3) is 1.00. The van der Waals surface area contributed by atoms with Crippen molar-refractivity contribution in [1.82, 2.24) is 0 Å². The van der Waals surface area contributed by atoms with Crippen LogP contribution in [0.2, 0.25) is 0 Å². The van der Waals surface area contributed by atoms with Gasteiger partial charge in [-0.05, 0) is 0 Å². The van der Waals surface area contributed by atoms with E-state index in [1.165, 1.54) is 7.11 Å². The third-order valence-corrected chi connectivity index (χ3v) is 5.60. The number of ether oxygens (including phenoxy) is 15. The zero-order valence-electron chi connectivity index (χ0n) is 29.1. The number of aliphatic hydroxyl groups excluding tert-OH is 2. The number of hydrogen-bond donors (Lipinski definition) is 2. The average molecular weight is 709 g/mol. The van der Waals surface area contributed by atoms with E-state index in [-0.39, 0.29) is 13.2 Å². The quantitative estimate of drug-likeness (QED) is 0.0592. The maximum atomic E-state index is 9.14. The SMILES string of the molecule is COC(O)COCCOCCOCCOCCOCCOCCOCCOCCOCCOCCOCCOCCOCCOCCO. The predicted molar refractivity (Wildman–Crippen MR) is 172 cm³/mol. The van der Waals surface area contributed by atoms with Gasteiger partial charge in [-0.3, -0.25) is 0 Å². The molecule has 0 aliphatic carbocycles. The second kappa shape index (κ2) is 44.3. The third kappa shape index (κ3) is 43.3. The first-order valence-electron chi connectivity index (χ1n) is 16.7. The highest BCUT2D eigenvalue weighted by Crippen LogP contribution is 1.89. The third-order valence-electron chi connectivity index (χ3n) is 5.60. The van der Waals surface area contributed by atoms with E-state index < -0.39 is 6.29 Å². The van der Waals surface area contributed by atoms with Gasteiger partial charge in [-0.1, -0.05) is 0 Å². The van der Waals surface area contributed by atoms with Crippen LogP contribution in [0, 0.1) is 0 Å². The molecule has 0 aliphatic rings. The molecule has 0 aromatic carbocycles. The molecule has 0 bridgehead atoms. The normalized spacial score (nSPS) is 12.3. The van der Waals surface area contributed by atoms with Gasteiger partial charge in [-0.15, -0.1) is 0 Å². The highest BCUT2D eigenvalue weighted by molar-refractivity contribution is 4.40. The monoisotopic (exact) mass is 708 g/mol. The van der Waals surface area contributed by atoms with E-state index in [1.807, 2.05) is 0 Å². The lowest BCUT2D eigenvalue weighted by Gasteiger charge is -2.10. The van der Waals surface area contributed by atoms with Crippen LogP contribution in [0.25, 0.3) is 0 Å². The van der Waals surface area contributed by atoms with Gasteiger partial charge in [-0.25, -0.2) is 0 Å². The van der Waals surface area contributed by atoms with Crippen LogP contribution >= 0.6 is 0 Å². The maximum Gasteiger partial charge on any atom is 0.177 e. The molecular weight excluding hydrogens is 644 g/mol. The van der Waals surface area contributed by atoms with E-state index in [1.54, 1.807) is 0 Å². The van der Waals surface area contributed by atoms with Crippen molar-refractivity contribution < 1.29 is 81.3 Å². The Morgan fingerprint density at radius 3 is 0.625 bits per heavy atom. The standard InChI is InChI=1S/C31H64O17/c1-34-31(33)30-48-29-28-47-27-26-46-25-24-45-23-22-44-21-20-43-19-18-42-17-16-41-15-14-40-13-12-39-11-10-38-9-8-37-7-6-36-5-4-35-3-2-32/h31-33H,2-30H2,1H3. The summed E-state index contributed by atoms with van der Waals surface area (Å²) in [7, 11) is 1.41. The largest absolute Gasteiger partial charge is 0.394 e. The lowest BCUT2D eigenvalue weighted by molar-refractivity contribution is -0.123. The minimum absolute atomic E-state index is 0.0214. The van der Waals surface area contributed by atoms with E-state index in [2.05, 4.69) is 4.74 Å². The van der Waals surface area contributed by atoms with Crippen LogP contribution in [0.3, 0.4) is 0 Å². The first kappa shape index (κ1) is 47.3. The molecule has 0 spiro atoms. The molecule has 48 heavy (non-hydrogen) atoms. The molecule has 0 saturated heterocycles. The van der Waals surface area contributed by atoms with Gasteiger partial charge in [0.05, 0.1) is 192 Å². The first-order chi connectivity index (χ1) is 23.8. The Morgan fingerprint density at radius 1 is 0.292 bits per heavy atom. The molecule has 0 saturated carbocycles. The Labute approximate surface area is 286 Å². The second-order valence-electron chi connectivity index (χ2n) is 9.45. The van der Waals surface area contributed by atoms with Gasteiger partial charge in [0, 0.05) is 7.11 Å². The molecule has 17 nitrogen and oxygen atoms in total. The Kier molecular flexibility index (Phi) is 43.7. The maximum absolute atomic E-state index is 9.14. The number of aliphatic hydroxyl groups is 2. The summed E-state index contributed by atoms with van der Waals surface area (Å²) >= 11 is 0. The van der Waals surface area contributed by atoms with Crippen LogP contribution in [0.5, 0.6) is 0 Å². The summed E-state index contributed by atoms with van der Waals surface area (Å²) in [5, 5.41) is 17.7. The van der Waals surface area contributed by atoms with Crippen molar-refractivity contribution in [2.75, 3.05) is 199 Å². The number of methoxy groups -OCH3 is 1. The predicted octanol–water partition coefficient (Wildman–Crippen LogP) is -0.824. The zero-order chi connectivity index (χ0) is 34.7. The molecule has 0 amide bonds. The Balaban J connectivity index is 3.05. The molecule has 290 valence electrons. The van der Waals surface area contributed by atoms with E-state index >= 15 is 0 Å².